The van der Waals surface area contributed by atoms with Gasteiger partial charge in [0.15, 0.2) is 11.6 Å². The van der Waals surface area contributed by atoms with Crippen molar-refractivity contribution in [3.8, 4) is 5.75 Å². The van der Waals surface area contributed by atoms with E-state index in [1.165, 1.54) is 6.07 Å². The van der Waals surface area contributed by atoms with E-state index in [2.05, 4.69) is 10.3 Å². The van der Waals surface area contributed by atoms with E-state index in [9.17, 15) is 13.9 Å². The molecular formula is C12H10F2N2O. The number of nitrogens with zero attached hydrogens (tertiary/aromatic N) is 1. The Labute approximate surface area is 96.7 Å². The molecule has 1 aromatic carbocycles. The van der Waals surface area contributed by atoms with Crippen molar-refractivity contribution >= 4 is 5.82 Å². The number of phenolic OH excluding ortho intramolecular Hbond substituents is 1. The molecule has 0 amide bonds. The van der Waals surface area contributed by atoms with Crippen LogP contribution in [0.3, 0.4) is 0 Å². The summed E-state index contributed by atoms with van der Waals surface area (Å²) in [5, 5.41) is 12.2. The van der Waals surface area contributed by atoms with Gasteiger partial charge < -0.3 is 10.4 Å². The molecular weight excluding hydrogens is 226 g/mol. The molecule has 0 spiro atoms. The van der Waals surface area contributed by atoms with Crippen molar-refractivity contribution in [2.24, 2.45) is 0 Å². The molecule has 2 N–H and O–H groups in total. The topological polar surface area (TPSA) is 45.1 Å². The SMILES string of the molecule is Oc1ccccc1CNc1ncc(F)cc1F. The minimum Gasteiger partial charge on any atom is -0.508 e. The minimum atomic E-state index is -0.763. The largest absolute Gasteiger partial charge is 0.508 e. The first kappa shape index (κ1) is 11.3. The van der Waals surface area contributed by atoms with Crippen LogP contribution in [0.15, 0.2) is 36.5 Å². The Morgan fingerprint density at radius 1 is 1.24 bits per heavy atom. The van der Waals surface area contributed by atoms with Crippen molar-refractivity contribution in [1.29, 1.82) is 0 Å². The Morgan fingerprint density at radius 3 is 2.71 bits per heavy atom. The van der Waals surface area contributed by atoms with E-state index in [0.717, 1.165) is 12.3 Å². The lowest BCUT2D eigenvalue weighted by Crippen LogP contribution is -2.04. The molecule has 0 aliphatic heterocycles. The average Bonchev–Trinajstić information content (AvgIpc) is 2.30. The van der Waals surface area contributed by atoms with Gasteiger partial charge in [-0.2, -0.15) is 0 Å². The molecule has 17 heavy (non-hydrogen) atoms. The molecule has 1 aromatic heterocycles. The lowest BCUT2D eigenvalue weighted by molar-refractivity contribution is 0.469. The Kier molecular flexibility index (Phi) is 3.18. The molecule has 0 saturated heterocycles. The number of halogens is 2. The van der Waals surface area contributed by atoms with Gasteiger partial charge in [-0.25, -0.2) is 13.8 Å². The maximum Gasteiger partial charge on any atom is 0.168 e. The van der Waals surface area contributed by atoms with Gasteiger partial charge in [-0.3, -0.25) is 0 Å². The molecule has 0 atom stereocenters. The quantitative estimate of drug-likeness (QED) is 0.861. The first-order valence-corrected chi connectivity index (χ1v) is 4.98. The van der Waals surface area contributed by atoms with Crippen LogP contribution in [0, 0.1) is 11.6 Å². The molecule has 1 heterocycles. The van der Waals surface area contributed by atoms with Gasteiger partial charge in [-0.1, -0.05) is 18.2 Å². The highest BCUT2D eigenvalue weighted by atomic mass is 19.1. The molecule has 3 nitrogen and oxygen atoms in total. The van der Waals surface area contributed by atoms with E-state index < -0.39 is 11.6 Å². The number of hydrogen-bond acceptors (Lipinski definition) is 3. The molecule has 5 heteroatoms. The summed E-state index contributed by atoms with van der Waals surface area (Å²) in [5.74, 6) is -1.42. The number of anilines is 1. The Hall–Kier alpha value is -2.17. The average molecular weight is 236 g/mol. The summed E-state index contributed by atoms with van der Waals surface area (Å²) in [5.41, 5.74) is 0.609. The van der Waals surface area contributed by atoms with Crippen LogP contribution in [0.2, 0.25) is 0 Å². The fourth-order valence-corrected chi connectivity index (χ4v) is 1.38. The number of hydrogen-bond donors (Lipinski definition) is 2. The predicted octanol–water partition coefficient (Wildman–Crippen LogP) is 2.68. The van der Waals surface area contributed by atoms with Gasteiger partial charge in [0.1, 0.15) is 11.6 Å². The lowest BCUT2D eigenvalue weighted by atomic mass is 10.2. The lowest BCUT2D eigenvalue weighted by Gasteiger charge is -2.07. The number of aromatic hydroxyl groups is 1. The second kappa shape index (κ2) is 4.78. The maximum absolute atomic E-state index is 13.2. The van der Waals surface area contributed by atoms with Gasteiger partial charge in [-0.15, -0.1) is 0 Å². The molecule has 2 aromatic rings. The van der Waals surface area contributed by atoms with E-state index in [0.29, 0.717) is 5.56 Å². The number of benzene rings is 1. The van der Waals surface area contributed by atoms with Gasteiger partial charge in [0.2, 0.25) is 0 Å². The summed E-state index contributed by atoms with van der Waals surface area (Å²) in [6.07, 6.45) is 0.927. The minimum absolute atomic E-state index is 0.0466. The van der Waals surface area contributed by atoms with Crippen LogP contribution in [-0.2, 0) is 6.54 Å². The van der Waals surface area contributed by atoms with Crippen LogP contribution in [0.4, 0.5) is 14.6 Å². The van der Waals surface area contributed by atoms with Crippen LogP contribution < -0.4 is 5.32 Å². The summed E-state index contributed by atoms with van der Waals surface area (Å²) in [6.45, 7) is 0.211. The third-order valence-electron chi connectivity index (χ3n) is 2.25. The number of nitrogens with one attached hydrogen (secondary N) is 1. The normalized spacial score (nSPS) is 10.2. The van der Waals surface area contributed by atoms with Crippen molar-refractivity contribution in [3.05, 3.63) is 53.7 Å². The number of pyridine rings is 1. The molecule has 0 aliphatic rings. The number of aromatic nitrogens is 1. The van der Waals surface area contributed by atoms with Crippen molar-refractivity contribution in [1.82, 2.24) is 4.98 Å². The van der Waals surface area contributed by atoms with Crippen LogP contribution in [0.25, 0.3) is 0 Å². The fourth-order valence-electron chi connectivity index (χ4n) is 1.38. The number of para-hydroxylation sites is 1. The second-order valence-corrected chi connectivity index (χ2v) is 3.47. The van der Waals surface area contributed by atoms with E-state index in [1.807, 2.05) is 0 Å². The van der Waals surface area contributed by atoms with E-state index >= 15 is 0 Å². The number of phenols is 1. The Bertz CT molecular complexity index is 532. The molecule has 0 bridgehead atoms. The summed E-state index contributed by atoms with van der Waals surface area (Å²) < 4.78 is 25.8. The Balaban J connectivity index is 2.10. The summed E-state index contributed by atoms with van der Waals surface area (Å²) in [4.78, 5) is 3.58. The van der Waals surface area contributed by atoms with Crippen molar-refractivity contribution in [3.63, 3.8) is 0 Å². The molecule has 0 radical (unpaired) electrons. The molecule has 0 fully saturated rings. The highest BCUT2D eigenvalue weighted by Crippen LogP contribution is 2.18. The summed E-state index contributed by atoms with van der Waals surface area (Å²) in [7, 11) is 0. The molecule has 0 aliphatic carbocycles. The fraction of sp³-hybridized carbons (Fsp3) is 0.0833. The summed E-state index contributed by atoms with van der Waals surface area (Å²) >= 11 is 0. The van der Waals surface area contributed by atoms with Gasteiger partial charge in [0.25, 0.3) is 0 Å². The van der Waals surface area contributed by atoms with Gasteiger partial charge in [-0.05, 0) is 6.07 Å². The van der Waals surface area contributed by atoms with Gasteiger partial charge in [0, 0.05) is 18.2 Å². The highest BCUT2D eigenvalue weighted by molar-refractivity contribution is 5.40. The summed E-state index contributed by atoms with van der Waals surface area (Å²) in [6, 6.07) is 7.43. The molecule has 0 unspecified atom stereocenters. The molecule has 88 valence electrons. The smallest absolute Gasteiger partial charge is 0.168 e. The van der Waals surface area contributed by atoms with Crippen molar-refractivity contribution in [2.75, 3.05) is 5.32 Å². The first-order valence-electron chi connectivity index (χ1n) is 4.98. The predicted molar refractivity (Wildman–Crippen MR) is 59.6 cm³/mol. The third-order valence-corrected chi connectivity index (χ3v) is 2.25. The van der Waals surface area contributed by atoms with Crippen molar-refractivity contribution in [2.45, 2.75) is 6.54 Å². The zero-order valence-electron chi connectivity index (χ0n) is 8.82. The van der Waals surface area contributed by atoms with Gasteiger partial charge >= 0.3 is 0 Å². The zero-order valence-corrected chi connectivity index (χ0v) is 8.82. The highest BCUT2D eigenvalue weighted by Gasteiger charge is 2.06. The van der Waals surface area contributed by atoms with E-state index in [1.54, 1.807) is 18.2 Å². The van der Waals surface area contributed by atoms with E-state index in [-0.39, 0.29) is 18.1 Å². The molecule has 0 saturated carbocycles. The molecule has 2 rings (SSSR count). The second-order valence-electron chi connectivity index (χ2n) is 3.47. The third kappa shape index (κ3) is 2.69. The Morgan fingerprint density at radius 2 is 2.00 bits per heavy atom. The van der Waals surface area contributed by atoms with Gasteiger partial charge in [0.05, 0.1) is 6.20 Å². The maximum atomic E-state index is 13.2. The van der Waals surface area contributed by atoms with Crippen molar-refractivity contribution < 1.29 is 13.9 Å². The van der Waals surface area contributed by atoms with Crippen LogP contribution in [0.5, 0.6) is 5.75 Å². The standard InChI is InChI=1S/C12H10F2N2O/c13-9-5-10(14)12(16-7-9)15-6-8-3-1-2-4-11(8)17/h1-5,7,17H,6H2,(H,15,16). The van der Waals surface area contributed by atoms with Crippen LogP contribution in [-0.4, -0.2) is 10.1 Å². The van der Waals surface area contributed by atoms with Crippen LogP contribution in [0.1, 0.15) is 5.56 Å². The zero-order chi connectivity index (χ0) is 12.3. The first-order chi connectivity index (χ1) is 8.16. The van der Waals surface area contributed by atoms with E-state index in [4.69, 9.17) is 0 Å². The number of rotatable bonds is 3. The van der Waals surface area contributed by atoms with Crippen LogP contribution >= 0.6 is 0 Å². The monoisotopic (exact) mass is 236 g/mol.